The lowest BCUT2D eigenvalue weighted by Gasteiger charge is -2.21. The molecule has 1 atom stereocenters. The summed E-state index contributed by atoms with van der Waals surface area (Å²) in [6.07, 6.45) is 3.82. The molecule has 7 heteroatoms. The SMILES string of the molecule is COc1cc(CN(C)Cc2cn[nH]c2C)ccc1OC[C@@H](O)CN1CCCC1. The molecule has 154 valence electrons. The minimum Gasteiger partial charge on any atom is -0.493 e. The van der Waals surface area contributed by atoms with Gasteiger partial charge in [0.2, 0.25) is 0 Å². The highest BCUT2D eigenvalue weighted by Gasteiger charge is 2.17. The number of ether oxygens (including phenoxy) is 2. The Morgan fingerprint density at radius 3 is 2.71 bits per heavy atom. The lowest BCUT2D eigenvalue weighted by Crippen LogP contribution is -2.33. The molecule has 0 saturated carbocycles. The first-order valence-electron chi connectivity index (χ1n) is 9.92. The van der Waals surface area contributed by atoms with Crippen LogP contribution >= 0.6 is 0 Å². The molecule has 0 bridgehead atoms. The van der Waals surface area contributed by atoms with Crippen LogP contribution in [0.2, 0.25) is 0 Å². The lowest BCUT2D eigenvalue weighted by molar-refractivity contribution is 0.0747. The summed E-state index contributed by atoms with van der Waals surface area (Å²) in [5.74, 6) is 1.36. The highest BCUT2D eigenvalue weighted by Crippen LogP contribution is 2.29. The highest BCUT2D eigenvalue weighted by atomic mass is 16.5. The van der Waals surface area contributed by atoms with Gasteiger partial charge in [-0.3, -0.25) is 10.00 Å². The molecule has 3 rings (SSSR count). The number of benzene rings is 1. The smallest absolute Gasteiger partial charge is 0.161 e. The quantitative estimate of drug-likeness (QED) is 0.650. The molecule has 1 aliphatic rings. The van der Waals surface area contributed by atoms with Gasteiger partial charge in [0.05, 0.1) is 13.3 Å². The van der Waals surface area contributed by atoms with E-state index in [4.69, 9.17) is 9.47 Å². The summed E-state index contributed by atoms with van der Waals surface area (Å²) in [5, 5.41) is 17.3. The van der Waals surface area contributed by atoms with E-state index in [1.165, 1.54) is 18.4 Å². The van der Waals surface area contributed by atoms with Gasteiger partial charge in [-0.15, -0.1) is 0 Å². The predicted octanol–water partition coefficient (Wildman–Crippen LogP) is 2.19. The fourth-order valence-corrected chi connectivity index (χ4v) is 3.62. The first kappa shape index (κ1) is 20.6. The van der Waals surface area contributed by atoms with Crippen molar-refractivity contribution in [1.29, 1.82) is 0 Å². The third-order valence-corrected chi connectivity index (χ3v) is 5.15. The van der Waals surface area contributed by atoms with Crippen molar-refractivity contribution in [3.05, 3.63) is 41.2 Å². The standard InChI is InChI=1S/C21H32N4O3/c1-16-18(11-22-23-16)13-24(2)12-17-6-7-20(21(10-17)27-3)28-15-19(26)14-25-8-4-5-9-25/h6-7,10-11,19,26H,4-5,8-9,12-15H2,1-3H3,(H,22,23)/t19-/m0/s1. The first-order chi connectivity index (χ1) is 13.5. The molecule has 1 aromatic carbocycles. The van der Waals surface area contributed by atoms with Crippen LogP contribution in [-0.4, -0.2) is 71.6 Å². The summed E-state index contributed by atoms with van der Waals surface area (Å²) in [4.78, 5) is 4.51. The number of aliphatic hydroxyl groups is 1. The van der Waals surface area contributed by atoms with Crippen LogP contribution < -0.4 is 9.47 Å². The molecule has 1 saturated heterocycles. The maximum absolute atomic E-state index is 10.2. The van der Waals surface area contributed by atoms with E-state index >= 15 is 0 Å². The van der Waals surface area contributed by atoms with Crippen LogP contribution in [0.25, 0.3) is 0 Å². The van der Waals surface area contributed by atoms with Gasteiger partial charge in [-0.25, -0.2) is 0 Å². The number of aromatic nitrogens is 2. The van der Waals surface area contributed by atoms with Crippen LogP contribution in [0.3, 0.4) is 0 Å². The second kappa shape index (κ2) is 9.91. The Morgan fingerprint density at radius 2 is 2.04 bits per heavy atom. The molecule has 0 radical (unpaired) electrons. The Kier molecular flexibility index (Phi) is 7.30. The van der Waals surface area contributed by atoms with Gasteiger partial charge >= 0.3 is 0 Å². The second-order valence-electron chi connectivity index (χ2n) is 7.65. The van der Waals surface area contributed by atoms with Gasteiger partial charge < -0.3 is 19.5 Å². The Balaban J connectivity index is 1.53. The van der Waals surface area contributed by atoms with Gasteiger partial charge in [-0.2, -0.15) is 5.10 Å². The fourth-order valence-electron chi connectivity index (χ4n) is 3.62. The molecule has 1 aliphatic heterocycles. The van der Waals surface area contributed by atoms with Gasteiger partial charge in [-0.1, -0.05) is 6.07 Å². The molecule has 1 fully saturated rings. The summed E-state index contributed by atoms with van der Waals surface area (Å²) in [7, 11) is 3.73. The van der Waals surface area contributed by atoms with Crippen LogP contribution in [0.1, 0.15) is 29.7 Å². The number of β-amino-alcohol motifs (C(OH)–C–C–N with tert-alkyl or cyclic N) is 1. The molecule has 2 N–H and O–H groups in total. The van der Waals surface area contributed by atoms with E-state index in [9.17, 15) is 5.11 Å². The zero-order chi connectivity index (χ0) is 19.9. The highest BCUT2D eigenvalue weighted by molar-refractivity contribution is 5.43. The van der Waals surface area contributed by atoms with Gasteiger partial charge in [-0.05, 0) is 57.6 Å². The van der Waals surface area contributed by atoms with E-state index in [-0.39, 0.29) is 6.61 Å². The first-order valence-corrected chi connectivity index (χ1v) is 9.92. The zero-order valence-corrected chi connectivity index (χ0v) is 17.1. The maximum Gasteiger partial charge on any atom is 0.161 e. The van der Waals surface area contributed by atoms with E-state index in [2.05, 4.69) is 27.0 Å². The van der Waals surface area contributed by atoms with Crippen molar-refractivity contribution in [2.75, 3.05) is 40.4 Å². The molecule has 2 heterocycles. The molecule has 0 spiro atoms. The third-order valence-electron chi connectivity index (χ3n) is 5.15. The Bertz CT molecular complexity index is 743. The largest absolute Gasteiger partial charge is 0.493 e. The normalized spacial score (nSPS) is 15.9. The van der Waals surface area contributed by atoms with Crippen LogP contribution in [0, 0.1) is 6.92 Å². The van der Waals surface area contributed by atoms with E-state index in [1.807, 2.05) is 31.3 Å². The third kappa shape index (κ3) is 5.70. The number of aryl methyl sites for hydroxylation is 1. The van der Waals surface area contributed by atoms with Crippen molar-refractivity contribution in [2.45, 2.75) is 39.0 Å². The average molecular weight is 389 g/mol. The number of likely N-dealkylation sites (tertiary alicyclic amines) is 1. The molecule has 0 aliphatic carbocycles. The number of aliphatic hydroxyl groups excluding tert-OH is 1. The fraction of sp³-hybridized carbons (Fsp3) is 0.571. The Morgan fingerprint density at radius 1 is 1.25 bits per heavy atom. The molecule has 28 heavy (non-hydrogen) atoms. The van der Waals surface area contributed by atoms with Crippen LogP contribution in [0.5, 0.6) is 11.5 Å². The summed E-state index contributed by atoms with van der Waals surface area (Å²) in [6, 6.07) is 5.97. The zero-order valence-electron chi connectivity index (χ0n) is 17.1. The number of nitrogens with one attached hydrogen (secondary N) is 1. The summed E-state index contributed by atoms with van der Waals surface area (Å²) in [6.45, 7) is 6.72. The Labute approximate surface area is 167 Å². The van der Waals surface area contributed by atoms with Gasteiger partial charge in [0, 0.05) is 30.9 Å². The van der Waals surface area contributed by atoms with Crippen molar-refractivity contribution in [3.8, 4) is 11.5 Å². The Hall–Kier alpha value is -2.09. The summed E-state index contributed by atoms with van der Waals surface area (Å²) < 4.78 is 11.3. The molecule has 0 unspecified atom stereocenters. The van der Waals surface area contributed by atoms with Crippen molar-refractivity contribution in [2.24, 2.45) is 0 Å². The maximum atomic E-state index is 10.2. The number of H-pyrrole nitrogens is 1. The second-order valence-corrected chi connectivity index (χ2v) is 7.65. The van der Waals surface area contributed by atoms with Gasteiger partial charge in [0.15, 0.2) is 11.5 Å². The molecule has 1 aromatic heterocycles. The minimum absolute atomic E-state index is 0.270. The monoisotopic (exact) mass is 388 g/mol. The topological polar surface area (TPSA) is 73.8 Å². The molecule has 2 aromatic rings. The number of hydrogen-bond donors (Lipinski definition) is 2. The van der Waals surface area contributed by atoms with Crippen molar-refractivity contribution < 1.29 is 14.6 Å². The van der Waals surface area contributed by atoms with Crippen molar-refractivity contribution in [1.82, 2.24) is 20.0 Å². The average Bonchev–Trinajstić information content (AvgIpc) is 3.32. The van der Waals surface area contributed by atoms with E-state index in [0.717, 1.165) is 37.4 Å². The molecule has 0 amide bonds. The number of nitrogens with zero attached hydrogens (tertiary/aromatic N) is 3. The van der Waals surface area contributed by atoms with Crippen LogP contribution in [-0.2, 0) is 13.1 Å². The van der Waals surface area contributed by atoms with E-state index in [1.54, 1.807) is 7.11 Å². The predicted molar refractivity (Wildman–Crippen MR) is 109 cm³/mol. The molecular formula is C21H32N4O3. The van der Waals surface area contributed by atoms with Crippen molar-refractivity contribution in [3.63, 3.8) is 0 Å². The molecular weight excluding hydrogens is 356 g/mol. The lowest BCUT2D eigenvalue weighted by atomic mass is 10.1. The van der Waals surface area contributed by atoms with E-state index in [0.29, 0.717) is 18.0 Å². The number of rotatable bonds is 10. The van der Waals surface area contributed by atoms with Crippen molar-refractivity contribution >= 4 is 0 Å². The number of hydrogen-bond acceptors (Lipinski definition) is 6. The van der Waals surface area contributed by atoms with Crippen LogP contribution in [0.4, 0.5) is 0 Å². The van der Waals surface area contributed by atoms with Crippen LogP contribution in [0.15, 0.2) is 24.4 Å². The summed E-state index contributed by atoms with van der Waals surface area (Å²) in [5.41, 5.74) is 3.44. The molecule has 7 nitrogen and oxygen atoms in total. The van der Waals surface area contributed by atoms with Gasteiger partial charge in [0.1, 0.15) is 12.7 Å². The number of aromatic amines is 1. The van der Waals surface area contributed by atoms with E-state index < -0.39 is 6.10 Å². The van der Waals surface area contributed by atoms with Gasteiger partial charge in [0.25, 0.3) is 0 Å². The summed E-state index contributed by atoms with van der Waals surface area (Å²) >= 11 is 0. The minimum atomic E-state index is -0.494. The number of methoxy groups -OCH3 is 1.